The van der Waals surface area contributed by atoms with Crippen LogP contribution in [-0.4, -0.2) is 29.4 Å². The van der Waals surface area contributed by atoms with Crippen LogP contribution in [0.15, 0.2) is 82.6 Å². The van der Waals surface area contributed by atoms with Gasteiger partial charge in [-0.1, -0.05) is 79.2 Å². The van der Waals surface area contributed by atoms with Crippen LogP contribution in [0.2, 0.25) is 5.02 Å². The molecule has 0 radical (unpaired) electrons. The van der Waals surface area contributed by atoms with Crippen LogP contribution in [0.4, 0.5) is 0 Å². The summed E-state index contributed by atoms with van der Waals surface area (Å²) >= 11 is 8.06. The largest absolute Gasteiger partial charge is 0.489 e. The normalized spacial score (nSPS) is 13.7. The van der Waals surface area contributed by atoms with Gasteiger partial charge >= 0.3 is 5.97 Å². The molecule has 35 heavy (non-hydrogen) atoms. The first-order chi connectivity index (χ1) is 16.8. The molecule has 0 aliphatic carbocycles. The molecule has 0 fully saturated rings. The SMILES string of the molecule is CCCC(COCC(=O)O)C(N)(O)c1ccc(Sc2cccc(OCc3ccccc3)c2)cc1Cl. The van der Waals surface area contributed by atoms with Gasteiger partial charge in [-0.05, 0) is 42.3 Å². The molecule has 0 heterocycles. The number of hydrogen-bond acceptors (Lipinski definition) is 6. The molecule has 0 aromatic heterocycles. The van der Waals surface area contributed by atoms with E-state index < -0.39 is 24.2 Å². The van der Waals surface area contributed by atoms with E-state index >= 15 is 0 Å². The van der Waals surface area contributed by atoms with E-state index in [0.29, 0.717) is 23.6 Å². The van der Waals surface area contributed by atoms with E-state index in [9.17, 15) is 9.90 Å². The lowest BCUT2D eigenvalue weighted by atomic mass is 9.87. The monoisotopic (exact) mass is 515 g/mol. The van der Waals surface area contributed by atoms with Crippen molar-refractivity contribution in [3.63, 3.8) is 0 Å². The molecule has 0 saturated heterocycles. The van der Waals surface area contributed by atoms with Crippen molar-refractivity contribution in [2.75, 3.05) is 13.2 Å². The minimum Gasteiger partial charge on any atom is -0.489 e. The van der Waals surface area contributed by atoms with Gasteiger partial charge in [-0.25, -0.2) is 4.79 Å². The van der Waals surface area contributed by atoms with Crippen molar-refractivity contribution in [3.05, 3.63) is 88.9 Å². The van der Waals surface area contributed by atoms with Gasteiger partial charge in [0.1, 0.15) is 24.7 Å². The van der Waals surface area contributed by atoms with Crippen molar-refractivity contribution < 1.29 is 24.5 Å². The zero-order valence-electron chi connectivity index (χ0n) is 19.5. The van der Waals surface area contributed by atoms with Gasteiger partial charge in [-0.2, -0.15) is 0 Å². The van der Waals surface area contributed by atoms with Crippen molar-refractivity contribution >= 4 is 29.3 Å². The number of aliphatic hydroxyl groups is 1. The number of aliphatic carboxylic acids is 1. The molecule has 0 bridgehead atoms. The third-order valence-corrected chi connectivity index (χ3v) is 6.76. The minimum absolute atomic E-state index is 0.00967. The molecular formula is C27H30ClNO5S. The van der Waals surface area contributed by atoms with Crippen LogP contribution in [0, 0.1) is 5.92 Å². The highest BCUT2D eigenvalue weighted by atomic mass is 35.5. The van der Waals surface area contributed by atoms with Gasteiger partial charge in [0.05, 0.1) is 6.61 Å². The quantitative estimate of drug-likeness (QED) is 0.251. The number of halogens is 1. The second-order valence-electron chi connectivity index (χ2n) is 8.21. The fourth-order valence-electron chi connectivity index (χ4n) is 3.68. The van der Waals surface area contributed by atoms with Crippen molar-refractivity contribution in [1.29, 1.82) is 0 Å². The van der Waals surface area contributed by atoms with Gasteiger partial charge in [0.25, 0.3) is 0 Å². The highest BCUT2D eigenvalue weighted by Crippen LogP contribution is 2.37. The van der Waals surface area contributed by atoms with E-state index in [0.717, 1.165) is 27.5 Å². The average molecular weight is 516 g/mol. The molecule has 3 aromatic carbocycles. The maximum atomic E-state index is 11.1. The molecular weight excluding hydrogens is 486 g/mol. The standard InChI is InChI=1S/C27H30ClNO5S/c1-2-7-20(17-33-18-26(30)31)27(29,32)24-13-12-23(15-25(24)28)35-22-11-6-10-21(14-22)34-16-19-8-4-3-5-9-19/h3-6,8-15,20,32H,2,7,16-18,29H2,1H3,(H,30,31). The first kappa shape index (κ1) is 27.0. The summed E-state index contributed by atoms with van der Waals surface area (Å²) in [5.41, 5.74) is 6.02. The number of rotatable bonds is 13. The first-order valence-electron chi connectivity index (χ1n) is 11.3. The third kappa shape index (κ3) is 7.98. The van der Waals surface area contributed by atoms with E-state index in [-0.39, 0.29) is 6.61 Å². The predicted molar refractivity (Wildman–Crippen MR) is 138 cm³/mol. The summed E-state index contributed by atoms with van der Waals surface area (Å²) in [7, 11) is 0. The predicted octanol–water partition coefficient (Wildman–Crippen LogP) is 5.69. The van der Waals surface area contributed by atoms with Gasteiger partial charge in [0.2, 0.25) is 0 Å². The summed E-state index contributed by atoms with van der Waals surface area (Å²) in [4.78, 5) is 12.6. The molecule has 3 aromatic rings. The lowest BCUT2D eigenvalue weighted by molar-refractivity contribution is -0.144. The number of carboxylic acid groups (broad SMARTS) is 1. The van der Waals surface area contributed by atoms with Crippen LogP contribution < -0.4 is 10.5 Å². The highest BCUT2D eigenvalue weighted by molar-refractivity contribution is 7.99. The summed E-state index contributed by atoms with van der Waals surface area (Å²) in [5, 5.41) is 20.3. The summed E-state index contributed by atoms with van der Waals surface area (Å²) in [6.45, 7) is 2.00. The zero-order chi connectivity index (χ0) is 25.3. The highest BCUT2D eigenvalue weighted by Gasteiger charge is 2.36. The van der Waals surface area contributed by atoms with Crippen LogP contribution in [-0.2, 0) is 21.9 Å². The Hall–Kier alpha value is -2.55. The average Bonchev–Trinajstić information content (AvgIpc) is 2.83. The van der Waals surface area contributed by atoms with Crippen LogP contribution in [0.25, 0.3) is 0 Å². The second-order valence-corrected chi connectivity index (χ2v) is 9.77. The van der Waals surface area contributed by atoms with Crippen molar-refractivity contribution in [2.45, 2.75) is 41.9 Å². The van der Waals surface area contributed by atoms with E-state index in [2.05, 4.69) is 0 Å². The van der Waals surface area contributed by atoms with E-state index in [1.807, 2.05) is 67.6 Å². The number of nitrogens with two attached hydrogens (primary N) is 1. The van der Waals surface area contributed by atoms with E-state index in [1.54, 1.807) is 12.1 Å². The maximum absolute atomic E-state index is 11.1. The number of benzene rings is 3. The number of hydrogen-bond donors (Lipinski definition) is 3. The lowest BCUT2D eigenvalue weighted by Crippen LogP contribution is -2.46. The Morgan fingerprint density at radius 2 is 1.83 bits per heavy atom. The Morgan fingerprint density at radius 1 is 1.09 bits per heavy atom. The molecule has 0 aliphatic heterocycles. The van der Waals surface area contributed by atoms with Crippen molar-refractivity contribution in [2.24, 2.45) is 11.7 Å². The Bertz CT molecular complexity index is 1110. The molecule has 0 spiro atoms. The second kappa shape index (κ2) is 13.0. The number of carbonyl (C=O) groups is 1. The molecule has 2 unspecified atom stereocenters. The molecule has 0 aliphatic rings. The Labute approximate surface area is 215 Å². The van der Waals surface area contributed by atoms with Crippen LogP contribution in [0.5, 0.6) is 5.75 Å². The van der Waals surface area contributed by atoms with Gasteiger partial charge in [-0.3, -0.25) is 5.73 Å². The van der Waals surface area contributed by atoms with E-state index in [1.165, 1.54) is 11.8 Å². The fraction of sp³-hybridized carbons (Fsp3) is 0.296. The van der Waals surface area contributed by atoms with Crippen LogP contribution >= 0.6 is 23.4 Å². The Kier molecular flexibility index (Phi) is 10.0. The Morgan fingerprint density at radius 3 is 2.51 bits per heavy atom. The van der Waals surface area contributed by atoms with Gasteiger partial charge < -0.3 is 19.7 Å². The van der Waals surface area contributed by atoms with Gasteiger partial charge in [-0.15, -0.1) is 0 Å². The fourth-order valence-corrected chi connectivity index (χ4v) is 4.98. The molecule has 186 valence electrons. The lowest BCUT2D eigenvalue weighted by Gasteiger charge is -2.33. The summed E-state index contributed by atoms with van der Waals surface area (Å²) in [6, 6.07) is 23.1. The number of carboxylic acids is 1. The van der Waals surface area contributed by atoms with Gasteiger partial charge in [0.15, 0.2) is 0 Å². The first-order valence-corrected chi connectivity index (χ1v) is 12.5. The molecule has 3 rings (SSSR count). The summed E-state index contributed by atoms with van der Waals surface area (Å²) in [6.07, 6.45) is 1.30. The van der Waals surface area contributed by atoms with Crippen LogP contribution in [0.3, 0.4) is 0 Å². The van der Waals surface area contributed by atoms with E-state index in [4.69, 9.17) is 31.9 Å². The maximum Gasteiger partial charge on any atom is 0.329 e. The smallest absolute Gasteiger partial charge is 0.329 e. The topological polar surface area (TPSA) is 102 Å². The molecule has 6 nitrogen and oxygen atoms in total. The third-order valence-electron chi connectivity index (χ3n) is 5.47. The van der Waals surface area contributed by atoms with Gasteiger partial charge in [0, 0.05) is 26.3 Å². The number of ether oxygens (including phenoxy) is 2. The zero-order valence-corrected chi connectivity index (χ0v) is 21.1. The van der Waals surface area contributed by atoms with Crippen molar-refractivity contribution in [3.8, 4) is 5.75 Å². The van der Waals surface area contributed by atoms with Crippen LogP contribution in [0.1, 0.15) is 30.9 Å². The molecule has 4 N–H and O–H groups in total. The molecule has 8 heteroatoms. The molecule has 2 atom stereocenters. The molecule has 0 saturated carbocycles. The molecule has 0 amide bonds. The minimum atomic E-state index is -1.76. The summed E-state index contributed by atoms with van der Waals surface area (Å²) in [5.74, 6) is -0.822. The Balaban J connectivity index is 1.69. The summed E-state index contributed by atoms with van der Waals surface area (Å²) < 4.78 is 11.1. The van der Waals surface area contributed by atoms with Crippen molar-refractivity contribution in [1.82, 2.24) is 0 Å².